The third-order valence-electron chi connectivity index (χ3n) is 4.02. The molecule has 3 aliphatic heterocycles. The van der Waals surface area contributed by atoms with Crippen molar-refractivity contribution in [1.29, 1.82) is 0 Å². The lowest BCUT2D eigenvalue weighted by atomic mass is 9.78. The van der Waals surface area contributed by atoms with Crippen molar-refractivity contribution in [1.82, 2.24) is 13.6 Å². The van der Waals surface area contributed by atoms with Gasteiger partial charge >= 0.3 is 0 Å². The molecule has 18 heavy (non-hydrogen) atoms. The second-order valence-corrected chi connectivity index (χ2v) is 6.65. The summed E-state index contributed by atoms with van der Waals surface area (Å²) in [5.41, 5.74) is 1.26. The Hall–Kier alpha value is -0.170. The summed E-state index contributed by atoms with van der Waals surface area (Å²) >= 11 is 3.16. The molecule has 3 aliphatic rings. The summed E-state index contributed by atoms with van der Waals surface area (Å²) in [6.45, 7) is 4.53. The first kappa shape index (κ1) is 12.8. The molecule has 4 nitrogen and oxygen atoms in total. The standard InChI is InChI=1S/C12H19N3OS2/c1-16-6-7-17-12-11(13-18-14-12)10-8-15-4-2-9(10)3-5-15/h9-10H,2-8H2,1H3. The number of methoxy groups -OCH3 is 1. The molecule has 100 valence electrons. The Kier molecular flexibility index (Phi) is 4.18. The van der Waals surface area contributed by atoms with Gasteiger partial charge in [-0.2, -0.15) is 8.75 Å². The fraction of sp³-hybridized carbons (Fsp3) is 0.833. The van der Waals surface area contributed by atoms with Gasteiger partial charge in [0.15, 0.2) is 0 Å². The van der Waals surface area contributed by atoms with Crippen molar-refractivity contribution in [2.24, 2.45) is 5.92 Å². The van der Waals surface area contributed by atoms with Crippen molar-refractivity contribution >= 4 is 23.5 Å². The Labute approximate surface area is 116 Å². The van der Waals surface area contributed by atoms with E-state index in [2.05, 4.69) is 13.6 Å². The first-order chi connectivity index (χ1) is 8.88. The topological polar surface area (TPSA) is 38.3 Å². The maximum absolute atomic E-state index is 5.10. The van der Waals surface area contributed by atoms with E-state index >= 15 is 0 Å². The third-order valence-corrected chi connectivity index (χ3v) is 5.62. The summed E-state index contributed by atoms with van der Waals surface area (Å²) in [4.78, 5) is 2.58. The van der Waals surface area contributed by atoms with Gasteiger partial charge in [-0.1, -0.05) is 0 Å². The number of ether oxygens (including phenoxy) is 1. The van der Waals surface area contributed by atoms with E-state index in [0.717, 1.165) is 23.3 Å². The maximum Gasteiger partial charge on any atom is 0.134 e. The predicted molar refractivity (Wildman–Crippen MR) is 74.4 cm³/mol. The first-order valence-corrected chi connectivity index (χ1v) is 8.26. The molecule has 0 N–H and O–H groups in total. The number of piperidine rings is 3. The molecule has 2 bridgehead atoms. The van der Waals surface area contributed by atoms with Gasteiger partial charge in [0.2, 0.25) is 0 Å². The molecule has 0 spiro atoms. The Bertz CT molecular complexity index is 390. The number of nitrogens with zero attached hydrogens (tertiary/aromatic N) is 3. The van der Waals surface area contributed by atoms with Gasteiger partial charge in [0, 0.05) is 25.3 Å². The summed E-state index contributed by atoms with van der Waals surface area (Å²) in [6, 6.07) is 0. The Morgan fingerprint density at radius 3 is 2.89 bits per heavy atom. The molecule has 1 aromatic heterocycles. The molecule has 6 heteroatoms. The third kappa shape index (κ3) is 2.57. The van der Waals surface area contributed by atoms with Crippen molar-refractivity contribution in [2.45, 2.75) is 23.8 Å². The highest BCUT2D eigenvalue weighted by molar-refractivity contribution is 7.99. The van der Waals surface area contributed by atoms with E-state index in [-0.39, 0.29) is 0 Å². The molecule has 1 unspecified atom stereocenters. The van der Waals surface area contributed by atoms with Crippen LogP contribution in [0.1, 0.15) is 24.5 Å². The minimum Gasteiger partial charge on any atom is -0.384 e. The van der Waals surface area contributed by atoms with Crippen LogP contribution in [0.4, 0.5) is 0 Å². The molecule has 0 amide bonds. The molecular formula is C12H19N3OS2. The lowest BCUT2D eigenvalue weighted by Gasteiger charge is -2.44. The van der Waals surface area contributed by atoms with Crippen LogP contribution in [0.5, 0.6) is 0 Å². The van der Waals surface area contributed by atoms with E-state index in [4.69, 9.17) is 4.74 Å². The van der Waals surface area contributed by atoms with Crippen LogP contribution >= 0.6 is 23.5 Å². The minimum absolute atomic E-state index is 0.622. The second kappa shape index (κ2) is 5.86. The molecule has 1 aromatic rings. The summed E-state index contributed by atoms with van der Waals surface area (Å²) in [7, 11) is 1.74. The lowest BCUT2D eigenvalue weighted by molar-refractivity contribution is 0.0846. The molecular weight excluding hydrogens is 266 g/mol. The van der Waals surface area contributed by atoms with Crippen molar-refractivity contribution in [2.75, 3.05) is 39.1 Å². The Morgan fingerprint density at radius 1 is 1.39 bits per heavy atom. The zero-order valence-corrected chi connectivity index (χ0v) is 12.3. The summed E-state index contributed by atoms with van der Waals surface area (Å²) in [5, 5.41) is 1.15. The number of thioether (sulfide) groups is 1. The van der Waals surface area contributed by atoms with E-state index in [0.29, 0.717) is 5.92 Å². The van der Waals surface area contributed by atoms with Gasteiger partial charge in [-0.25, -0.2) is 0 Å². The summed E-state index contributed by atoms with van der Waals surface area (Å²) in [5.74, 6) is 2.42. The molecule has 0 aromatic carbocycles. The SMILES string of the molecule is COCCSc1nsnc1C1CN2CCC1CC2. The Balaban J connectivity index is 1.70. The highest BCUT2D eigenvalue weighted by Gasteiger charge is 2.37. The molecule has 1 atom stereocenters. The van der Waals surface area contributed by atoms with E-state index in [1.165, 1.54) is 49.9 Å². The monoisotopic (exact) mass is 285 g/mol. The highest BCUT2D eigenvalue weighted by Crippen LogP contribution is 2.41. The fourth-order valence-corrected chi connectivity index (χ4v) is 4.69. The van der Waals surface area contributed by atoms with Crippen molar-refractivity contribution in [3.8, 4) is 0 Å². The van der Waals surface area contributed by atoms with Crippen LogP contribution < -0.4 is 0 Å². The number of hydrogen-bond acceptors (Lipinski definition) is 6. The van der Waals surface area contributed by atoms with E-state index in [9.17, 15) is 0 Å². The molecule has 0 saturated carbocycles. The van der Waals surface area contributed by atoms with Gasteiger partial charge in [-0.3, -0.25) is 0 Å². The molecule has 0 radical (unpaired) electrons. The summed E-state index contributed by atoms with van der Waals surface area (Å²) in [6.07, 6.45) is 2.68. The largest absolute Gasteiger partial charge is 0.384 e. The van der Waals surface area contributed by atoms with E-state index in [1.54, 1.807) is 18.9 Å². The molecule has 3 fully saturated rings. The van der Waals surface area contributed by atoms with Gasteiger partial charge < -0.3 is 9.64 Å². The minimum atomic E-state index is 0.622. The van der Waals surface area contributed by atoms with E-state index < -0.39 is 0 Å². The molecule has 4 heterocycles. The second-order valence-electron chi connectivity index (χ2n) is 5.04. The van der Waals surface area contributed by atoms with Crippen LogP contribution in [-0.4, -0.2) is 52.8 Å². The zero-order chi connectivity index (χ0) is 12.4. The number of rotatable bonds is 5. The number of fused-ring (bicyclic) bond motifs is 3. The van der Waals surface area contributed by atoms with Crippen LogP contribution in [0.25, 0.3) is 0 Å². The maximum atomic E-state index is 5.10. The van der Waals surface area contributed by atoms with Gasteiger partial charge in [-0.05, 0) is 31.8 Å². The average Bonchev–Trinajstić information content (AvgIpc) is 2.89. The lowest BCUT2D eigenvalue weighted by Crippen LogP contribution is -2.46. The van der Waals surface area contributed by atoms with Crippen LogP contribution in [0, 0.1) is 5.92 Å². The smallest absolute Gasteiger partial charge is 0.134 e. The normalized spacial score (nSPS) is 30.8. The van der Waals surface area contributed by atoms with Crippen LogP contribution in [0.3, 0.4) is 0 Å². The van der Waals surface area contributed by atoms with Crippen molar-refractivity contribution < 1.29 is 4.74 Å². The zero-order valence-electron chi connectivity index (χ0n) is 10.7. The van der Waals surface area contributed by atoms with Crippen LogP contribution in [-0.2, 0) is 4.74 Å². The molecule has 4 rings (SSSR count). The van der Waals surface area contributed by atoms with Gasteiger partial charge in [0.05, 0.1) is 24.0 Å². The van der Waals surface area contributed by atoms with Crippen molar-refractivity contribution in [3.63, 3.8) is 0 Å². The van der Waals surface area contributed by atoms with Crippen molar-refractivity contribution in [3.05, 3.63) is 5.69 Å². The Morgan fingerprint density at radius 2 is 2.22 bits per heavy atom. The number of hydrogen-bond donors (Lipinski definition) is 0. The highest BCUT2D eigenvalue weighted by atomic mass is 32.2. The molecule has 0 aliphatic carbocycles. The van der Waals surface area contributed by atoms with Crippen LogP contribution in [0.2, 0.25) is 0 Å². The van der Waals surface area contributed by atoms with Gasteiger partial charge in [-0.15, -0.1) is 11.8 Å². The predicted octanol–water partition coefficient (Wildman–Crippen LogP) is 2.09. The fourth-order valence-electron chi connectivity index (χ4n) is 3.01. The first-order valence-electron chi connectivity index (χ1n) is 6.55. The van der Waals surface area contributed by atoms with Gasteiger partial charge in [0.25, 0.3) is 0 Å². The average molecular weight is 285 g/mol. The number of aromatic nitrogens is 2. The van der Waals surface area contributed by atoms with Crippen LogP contribution in [0.15, 0.2) is 5.03 Å². The molecule has 3 saturated heterocycles. The van der Waals surface area contributed by atoms with Gasteiger partial charge in [0.1, 0.15) is 5.03 Å². The summed E-state index contributed by atoms with van der Waals surface area (Å²) < 4.78 is 14.1. The quantitative estimate of drug-likeness (QED) is 0.612. The van der Waals surface area contributed by atoms with E-state index in [1.807, 2.05) is 0 Å².